The van der Waals surface area contributed by atoms with Gasteiger partial charge in [-0.05, 0) is 18.6 Å². The van der Waals surface area contributed by atoms with Crippen LogP contribution in [0.25, 0.3) is 0 Å². The molecule has 1 aliphatic heterocycles. The van der Waals surface area contributed by atoms with Gasteiger partial charge in [0.1, 0.15) is 5.82 Å². The SMILES string of the molecule is O=C1CCC(CNc2ccc(Cl)cn2)N1. The van der Waals surface area contributed by atoms with Crippen LogP contribution in [-0.4, -0.2) is 23.5 Å². The zero-order valence-electron chi connectivity index (χ0n) is 8.16. The first-order chi connectivity index (χ1) is 7.24. The topological polar surface area (TPSA) is 54.0 Å². The average Bonchev–Trinajstić information content (AvgIpc) is 2.64. The number of nitrogens with zero attached hydrogens (tertiary/aromatic N) is 1. The average molecular weight is 226 g/mol. The monoisotopic (exact) mass is 225 g/mol. The number of carbonyl (C=O) groups is 1. The largest absolute Gasteiger partial charge is 0.368 e. The predicted octanol–water partition coefficient (Wildman–Crippen LogP) is 1.43. The molecule has 80 valence electrons. The van der Waals surface area contributed by atoms with Gasteiger partial charge in [0.2, 0.25) is 5.91 Å². The van der Waals surface area contributed by atoms with Crippen molar-refractivity contribution >= 4 is 23.3 Å². The first kappa shape index (κ1) is 10.2. The molecule has 0 saturated carbocycles. The summed E-state index contributed by atoms with van der Waals surface area (Å²) in [6.07, 6.45) is 3.11. The van der Waals surface area contributed by atoms with E-state index >= 15 is 0 Å². The summed E-state index contributed by atoms with van der Waals surface area (Å²) in [7, 11) is 0. The van der Waals surface area contributed by atoms with E-state index in [9.17, 15) is 4.79 Å². The molecule has 5 heteroatoms. The van der Waals surface area contributed by atoms with Gasteiger partial charge in [-0.2, -0.15) is 0 Å². The lowest BCUT2D eigenvalue weighted by Gasteiger charge is -2.11. The van der Waals surface area contributed by atoms with E-state index in [-0.39, 0.29) is 11.9 Å². The Morgan fingerprint density at radius 2 is 2.47 bits per heavy atom. The number of halogens is 1. The van der Waals surface area contributed by atoms with Gasteiger partial charge < -0.3 is 10.6 Å². The highest BCUT2D eigenvalue weighted by Gasteiger charge is 2.19. The molecular formula is C10H12ClN3O. The third kappa shape index (κ3) is 2.83. The summed E-state index contributed by atoms with van der Waals surface area (Å²) in [6.45, 7) is 0.709. The van der Waals surface area contributed by atoms with Gasteiger partial charge in [0.15, 0.2) is 0 Å². The molecule has 2 N–H and O–H groups in total. The van der Waals surface area contributed by atoms with Crippen LogP contribution in [0.5, 0.6) is 0 Å². The summed E-state index contributed by atoms with van der Waals surface area (Å²) < 4.78 is 0. The maximum Gasteiger partial charge on any atom is 0.220 e. The third-order valence-corrected chi connectivity index (χ3v) is 2.57. The van der Waals surface area contributed by atoms with Crippen molar-refractivity contribution in [3.05, 3.63) is 23.4 Å². The molecule has 0 bridgehead atoms. The molecule has 0 aromatic carbocycles. The number of anilines is 1. The standard InChI is InChI=1S/C10H12ClN3O/c11-7-1-3-9(12-5-7)13-6-8-2-4-10(15)14-8/h1,3,5,8H,2,4,6H2,(H,12,13)(H,14,15). The lowest BCUT2D eigenvalue weighted by molar-refractivity contribution is -0.119. The summed E-state index contributed by atoms with van der Waals surface area (Å²) >= 11 is 5.71. The van der Waals surface area contributed by atoms with E-state index in [1.54, 1.807) is 12.3 Å². The molecule has 4 nitrogen and oxygen atoms in total. The first-order valence-corrected chi connectivity index (χ1v) is 5.26. The number of pyridine rings is 1. The van der Waals surface area contributed by atoms with Gasteiger partial charge in [0.05, 0.1) is 5.02 Å². The highest BCUT2D eigenvalue weighted by molar-refractivity contribution is 6.30. The molecule has 0 aliphatic carbocycles. The van der Waals surface area contributed by atoms with Crippen molar-refractivity contribution in [2.75, 3.05) is 11.9 Å². The van der Waals surface area contributed by atoms with E-state index in [1.165, 1.54) is 0 Å². The van der Waals surface area contributed by atoms with E-state index in [4.69, 9.17) is 11.6 Å². The van der Waals surface area contributed by atoms with Crippen LogP contribution in [0, 0.1) is 0 Å². The van der Waals surface area contributed by atoms with E-state index in [0.717, 1.165) is 12.2 Å². The Bertz CT molecular complexity index is 352. The molecule has 0 spiro atoms. The molecular weight excluding hydrogens is 214 g/mol. The fourth-order valence-electron chi connectivity index (χ4n) is 1.54. The minimum absolute atomic E-state index is 0.130. The molecule has 15 heavy (non-hydrogen) atoms. The lowest BCUT2D eigenvalue weighted by atomic mass is 10.2. The van der Waals surface area contributed by atoms with Crippen LogP contribution in [0.15, 0.2) is 18.3 Å². The summed E-state index contributed by atoms with van der Waals surface area (Å²) in [5.41, 5.74) is 0. The summed E-state index contributed by atoms with van der Waals surface area (Å²) in [4.78, 5) is 15.0. The second-order valence-electron chi connectivity index (χ2n) is 3.55. The Hall–Kier alpha value is -1.29. The Kier molecular flexibility index (Phi) is 3.06. The maximum atomic E-state index is 10.9. The highest BCUT2D eigenvalue weighted by Crippen LogP contribution is 2.11. The molecule has 1 aromatic heterocycles. The number of nitrogens with one attached hydrogen (secondary N) is 2. The van der Waals surface area contributed by atoms with E-state index < -0.39 is 0 Å². The Morgan fingerprint density at radius 1 is 1.60 bits per heavy atom. The Labute approximate surface area is 93.0 Å². The number of aromatic nitrogens is 1. The molecule has 1 amide bonds. The normalized spacial score (nSPS) is 20.1. The van der Waals surface area contributed by atoms with Crippen molar-refractivity contribution in [1.82, 2.24) is 10.3 Å². The van der Waals surface area contributed by atoms with Crippen LogP contribution in [-0.2, 0) is 4.79 Å². The van der Waals surface area contributed by atoms with E-state index in [2.05, 4.69) is 15.6 Å². The molecule has 2 heterocycles. The number of amides is 1. The van der Waals surface area contributed by atoms with Crippen molar-refractivity contribution < 1.29 is 4.79 Å². The minimum atomic E-state index is 0.130. The van der Waals surface area contributed by atoms with Gasteiger partial charge >= 0.3 is 0 Å². The number of carbonyl (C=O) groups excluding carboxylic acids is 1. The quantitative estimate of drug-likeness (QED) is 0.818. The van der Waals surface area contributed by atoms with Crippen molar-refractivity contribution in [2.24, 2.45) is 0 Å². The van der Waals surface area contributed by atoms with Crippen molar-refractivity contribution in [3.63, 3.8) is 0 Å². The van der Waals surface area contributed by atoms with Gasteiger partial charge in [-0.25, -0.2) is 4.98 Å². The van der Waals surface area contributed by atoms with Gasteiger partial charge in [-0.15, -0.1) is 0 Å². The van der Waals surface area contributed by atoms with Crippen LogP contribution < -0.4 is 10.6 Å². The molecule has 1 saturated heterocycles. The summed E-state index contributed by atoms with van der Waals surface area (Å²) in [6, 6.07) is 3.82. The van der Waals surface area contributed by atoms with Crippen LogP contribution in [0.1, 0.15) is 12.8 Å². The van der Waals surface area contributed by atoms with Crippen LogP contribution in [0.2, 0.25) is 5.02 Å². The number of hydrogen-bond acceptors (Lipinski definition) is 3. The van der Waals surface area contributed by atoms with Crippen LogP contribution in [0.4, 0.5) is 5.82 Å². The zero-order chi connectivity index (χ0) is 10.7. The molecule has 1 aromatic rings. The number of hydrogen-bond donors (Lipinski definition) is 2. The minimum Gasteiger partial charge on any atom is -0.368 e. The van der Waals surface area contributed by atoms with Gasteiger partial charge in [0.25, 0.3) is 0 Å². The number of rotatable bonds is 3. The lowest BCUT2D eigenvalue weighted by Crippen LogP contribution is -2.31. The zero-order valence-corrected chi connectivity index (χ0v) is 8.92. The van der Waals surface area contributed by atoms with Gasteiger partial charge in [-0.3, -0.25) is 4.79 Å². The molecule has 0 radical (unpaired) electrons. The molecule has 1 atom stereocenters. The first-order valence-electron chi connectivity index (χ1n) is 4.89. The molecule has 2 rings (SSSR count). The summed E-state index contributed by atoms with van der Waals surface area (Å²) in [5, 5.41) is 6.65. The smallest absolute Gasteiger partial charge is 0.220 e. The van der Waals surface area contributed by atoms with Gasteiger partial charge in [0, 0.05) is 25.2 Å². The Morgan fingerprint density at radius 3 is 3.07 bits per heavy atom. The fraction of sp³-hybridized carbons (Fsp3) is 0.400. The molecule has 1 fully saturated rings. The predicted molar refractivity (Wildman–Crippen MR) is 58.9 cm³/mol. The van der Waals surface area contributed by atoms with Crippen LogP contribution >= 0.6 is 11.6 Å². The van der Waals surface area contributed by atoms with Crippen LogP contribution in [0.3, 0.4) is 0 Å². The maximum absolute atomic E-state index is 10.9. The second-order valence-corrected chi connectivity index (χ2v) is 3.98. The van der Waals surface area contributed by atoms with Gasteiger partial charge in [-0.1, -0.05) is 11.6 Å². The molecule has 1 unspecified atom stereocenters. The fourth-order valence-corrected chi connectivity index (χ4v) is 1.65. The molecule has 1 aliphatic rings. The second kappa shape index (κ2) is 4.49. The van der Waals surface area contributed by atoms with E-state index in [0.29, 0.717) is 18.0 Å². The van der Waals surface area contributed by atoms with Crippen molar-refractivity contribution in [3.8, 4) is 0 Å². The third-order valence-electron chi connectivity index (χ3n) is 2.34. The van der Waals surface area contributed by atoms with E-state index in [1.807, 2.05) is 6.07 Å². The van der Waals surface area contributed by atoms with Crippen molar-refractivity contribution in [2.45, 2.75) is 18.9 Å². The van der Waals surface area contributed by atoms with Crippen molar-refractivity contribution in [1.29, 1.82) is 0 Å². The summed E-state index contributed by atoms with van der Waals surface area (Å²) in [5.74, 6) is 0.909. The Balaban J connectivity index is 1.83. The highest BCUT2D eigenvalue weighted by atomic mass is 35.5.